The lowest BCUT2D eigenvalue weighted by atomic mass is 9.78. The molecule has 26 heavy (non-hydrogen) atoms. The van der Waals surface area contributed by atoms with Crippen LogP contribution in [0.15, 0.2) is 22.8 Å². The zero-order valence-electron chi connectivity index (χ0n) is 15.9. The number of esters is 2. The van der Waals surface area contributed by atoms with Crippen LogP contribution >= 0.6 is 0 Å². The van der Waals surface area contributed by atoms with Crippen molar-refractivity contribution in [3.05, 3.63) is 22.8 Å². The van der Waals surface area contributed by atoms with E-state index in [-0.39, 0.29) is 23.6 Å². The average molecular weight is 362 g/mol. The zero-order valence-corrected chi connectivity index (χ0v) is 15.9. The van der Waals surface area contributed by atoms with E-state index in [1.807, 2.05) is 0 Å². The van der Waals surface area contributed by atoms with Gasteiger partial charge >= 0.3 is 11.9 Å². The number of ether oxygens (including phenoxy) is 2. The maximum Gasteiger partial charge on any atom is 0.333 e. The number of hydrogen-bond acceptors (Lipinski definition) is 6. The van der Waals surface area contributed by atoms with Gasteiger partial charge in [-0.25, -0.2) is 4.79 Å². The summed E-state index contributed by atoms with van der Waals surface area (Å²) in [5, 5.41) is 11.2. The molecule has 0 radical (unpaired) electrons. The number of allylic oxidation sites excluding steroid dienone is 1. The predicted molar refractivity (Wildman–Crippen MR) is 92.9 cm³/mol. The van der Waals surface area contributed by atoms with E-state index in [1.165, 1.54) is 0 Å². The van der Waals surface area contributed by atoms with Gasteiger partial charge in [0.05, 0.1) is 5.92 Å². The van der Waals surface area contributed by atoms with E-state index in [4.69, 9.17) is 9.47 Å². The van der Waals surface area contributed by atoms with Crippen molar-refractivity contribution in [1.82, 2.24) is 0 Å². The predicted octanol–water partition coefficient (Wildman–Crippen LogP) is 2.10. The molecule has 1 saturated carbocycles. The molecule has 1 aliphatic heterocycles. The minimum absolute atomic E-state index is 0.197. The first-order chi connectivity index (χ1) is 12.1. The summed E-state index contributed by atoms with van der Waals surface area (Å²) < 4.78 is 10.9. The Morgan fingerprint density at radius 3 is 2.65 bits per heavy atom. The number of fused-ring (bicyclic) bond motifs is 2. The third-order valence-corrected chi connectivity index (χ3v) is 6.45. The molecule has 142 valence electrons. The number of hydrogen-bond donors (Lipinski definition) is 1. The summed E-state index contributed by atoms with van der Waals surface area (Å²) >= 11 is 0. The van der Waals surface area contributed by atoms with Gasteiger partial charge in [0.2, 0.25) is 0 Å². The molecule has 6 atom stereocenters. The lowest BCUT2D eigenvalue weighted by Gasteiger charge is -2.32. The minimum atomic E-state index is -1.30. The van der Waals surface area contributed by atoms with E-state index in [0.717, 1.165) is 5.57 Å². The summed E-state index contributed by atoms with van der Waals surface area (Å²) in [7, 11) is 0. The normalized spacial score (nSPS) is 40.1. The van der Waals surface area contributed by atoms with Crippen LogP contribution < -0.4 is 0 Å². The largest absolute Gasteiger partial charge is 0.456 e. The van der Waals surface area contributed by atoms with Crippen LogP contribution in [0.4, 0.5) is 0 Å². The fourth-order valence-corrected chi connectivity index (χ4v) is 4.40. The van der Waals surface area contributed by atoms with E-state index < -0.39 is 29.7 Å². The molecule has 3 rings (SSSR count). The summed E-state index contributed by atoms with van der Waals surface area (Å²) in [6.45, 7) is 8.52. The fraction of sp³-hybridized carbons (Fsp3) is 0.650. The molecule has 0 amide bonds. The Labute approximate surface area is 153 Å². The highest BCUT2D eigenvalue weighted by molar-refractivity contribution is 6.02. The molecule has 1 heterocycles. The van der Waals surface area contributed by atoms with E-state index in [0.29, 0.717) is 24.0 Å². The lowest BCUT2D eigenvalue weighted by molar-refractivity contribution is -0.158. The summed E-state index contributed by atoms with van der Waals surface area (Å²) in [5.74, 6) is -2.04. The lowest BCUT2D eigenvalue weighted by Crippen LogP contribution is -2.43. The molecular formula is C20H26O6. The topological polar surface area (TPSA) is 89.9 Å². The number of Topliss-reactive ketones (excluding diaryl/α,β-unsaturated/α-hetero) is 1. The first-order valence-corrected chi connectivity index (χ1v) is 9.10. The Bertz CT molecular complexity index is 729. The third-order valence-electron chi connectivity index (χ3n) is 6.45. The van der Waals surface area contributed by atoms with Gasteiger partial charge < -0.3 is 14.6 Å². The second-order valence-corrected chi connectivity index (χ2v) is 7.91. The van der Waals surface area contributed by atoms with Crippen LogP contribution in [-0.2, 0) is 23.9 Å². The van der Waals surface area contributed by atoms with Gasteiger partial charge in [0.25, 0.3) is 0 Å². The summed E-state index contributed by atoms with van der Waals surface area (Å²) in [5.41, 5.74) is 0.499. The third kappa shape index (κ3) is 2.71. The van der Waals surface area contributed by atoms with Crippen molar-refractivity contribution >= 4 is 17.7 Å². The van der Waals surface area contributed by atoms with Crippen LogP contribution in [0.25, 0.3) is 0 Å². The van der Waals surface area contributed by atoms with Crippen molar-refractivity contribution in [2.75, 3.05) is 0 Å². The quantitative estimate of drug-likeness (QED) is 0.598. The van der Waals surface area contributed by atoms with Crippen LogP contribution in [0, 0.1) is 17.8 Å². The number of aliphatic hydroxyl groups is 1. The molecule has 0 aromatic rings. The second kappa shape index (κ2) is 6.34. The van der Waals surface area contributed by atoms with Gasteiger partial charge in [-0.2, -0.15) is 0 Å². The Morgan fingerprint density at radius 2 is 2.04 bits per heavy atom. The Kier molecular flexibility index (Phi) is 4.59. The summed E-state index contributed by atoms with van der Waals surface area (Å²) in [6.07, 6.45) is 0.945. The number of ketones is 1. The number of rotatable bonds is 2. The SMILES string of the molecule is CC=C(C)C(=O)OC1CC2=C(C)C(=O)C3OC(=O)C(C)C3CC2C1(C)O. The van der Waals surface area contributed by atoms with Crippen molar-refractivity contribution in [2.24, 2.45) is 17.8 Å². The van der Waals surface area contributed by atoms with Gasteiger partial charge in [0, 0.05) is 23.8 Å². The van der Waals surface area contributed by atoms with Crippen molar-refractivity contribution in [1.29, 1.82) is 0 Å². The van der Waals surface area contributed by atoms with Crippen LogP contribution in [0.2, 0.25) is 0 Å². The zero-order chi connectivity index (χ0) is 19.4. The van der Waals surface area contributed by atoms with Crippen molar-refractivity contribution in [3.63, 3.8) is 0 Å². The first kappa shape index (κ1) is 18.8. The van der Waals surface area contributed by atoms with Crippen LogP contribution in [0.5, 0.6) is 0 Å². The second-order valence-electron chi connectivity index (χ2n) is 7.91. The summed E-state index contributed by atoms with van der Waals surface area (Å²) in [4.78, 5) is 36.9. The van der Waals surface area contributed by atoms with E-state index in [1.54, 1.807) is 40.7 Å². The van der Waals surface area contributed by atoms with Gasteiger partial charge in [-0.05, 0) is 39.7 Å². The molecule has 6 heteroatoms. The maximum atomic E-state index is 12.8. The molecule has 6 unspecified atom stereocenters. The minimum Gasteiger partial charge on any atom is -0.456 e. The molecule has 0 spiro atoms. The number of carbonyl (C=O) groups excluding carboxylic acids is 3. The van der Waals surface area contributed by atoms with Gasteiger partial charge in [-0.1, -0.05) is 18.6 Å². The molecule has 2 aliphatic carbocycles. The van der Waals surface area contributed by atoms with E-state index in [2.05, 4.69) is 0 Å². The monoisotopic (exact) mass is 362 g/mol. The highest BCUT2D eigenvalue weighted by atomic mass is 16.6. The number of carbonyl (C=O) groups is 3. The van der Waals surface area contributed by atoms with Crippen molar-refractivity contribution in [3.8, 4) is 0 Å². The Balaban J connectivity index is 1.95. The Hall–Kier alpha value is -1.95. The van der Waals surface area contributed by atoms with Gasteiger partial charge in [0.1, 0.15) is 11.7 Å². The van der Waals surface area contributed by atoms with Gasteiger partial charge in [0.15, 0.2) is 11.9 Å². The molecular weight excluding hydrogens is 336 g/mol. The average Bonchev–Trinajstić information content (AvgIpc) is 2.97. The molecule has 0 aromatic heterocycles. The molecule has 6 nitrogen and oxygen atoms in total. The fourth-order valence-electron chi connectivity index (χ4n) is 4.40. The Morgan fingerprint density at radius 1 is 1.38 bits per heavy atom. The standard InChI is InChI=1S/C20H26O6/c1-6-9(2)18(22)25-15-8-12-10(3)16(21)17-13(11(4)19(23)26-17)7-14(12)20(15,5)24/h6,11,13-15,17,24H,7-8H2,1-5H3. The van der Waals surface area contributed by atoms with Crippen LogP contribution in [0.3, 0.4) is 0 Å². The molecule has 1 saturated heterocycles. The first-order valence-electron chi connectivity index (χ1n) is 9.10. The van der Waals surface area contributed by atoms with Gasteiger partial charge in [-0.3, -0.25) is 9.59 Å². The molecule has 0 bridgehead atoms. The van der Waals surface area contributed by atoms with Crippen LogP contribution in [0.1, 0.15) is 47.5 Å². The highest BCUT2D eigenvalue weighted by Gasteiger charge is 2.57. The van der Waals surface area contributed by atoms with E-state index in [9.17, 15) is 19.5 Å². The molecule has 2 fully saturated rings. The highest BCUT2D eigenvalue weighted by Crippen LogP contribution is 2.51. The van der Waals surface area contributed by atoms with E-state index >= 15 is 0 Å². The molecule has 3 aliphatic rings. The smallest absolute Gasteiger partial charge is 0.333 e. The molecule has 1 N–H and O–H groups in total. The van der Waals surface area contributed by atoms with Crippen molar-refractivity contribution in [2.45, 2.75) is 65.3 Å². The molecule has 0 aromatic carbocycles. The van der Waals surface area contributed by atoms with Crippen molar-refractivity contribution < 1.29 is 29.0 Å². The van der Waals surface area contributed by atoms with Gasteiger partial charge in [-0.15, -0.1) is 0 Å². The summed E-state index contributed by atoms with van der Waals surface area (Å²) in [6, 6.07) is 0. The van der Waals surface area contributed by atoms with Crippen LogP contribution in [-0.4, -0.2) is 40.6 Å². The maximum absolute atomic E-state index is 12.8.